The number of aromatic nitrogens is 1. The van der Waals surface area contributed by atoms with E-state index in [1.165, 1.54) is 12.1 Å². The van der Waals surface area contributed by atoms with Gasteiger partial charge in [-0.3, -0.25) is 14.5 Å². The number of pyridine rings is 1. The molecule has 2 N–H and O–H groups in total. The Kier molecular flexibility index (Phi) is 6.83. The fourth-order valence-corrected chi connectivity index (χ4v) is 4.71. The summed E-state index contributed by atoms with van der Waals surface area (Å²) in [5.74, 6) is -0.514. The molecule has 7 heteroatoms. The summed E-state index contributed by atoms with van der Waals surface area (Å²) < 4.78 is 14.9. The normalized spacial score (nSPS) is 20.5. The zero-order valence-corrected chi connectivity index (χ0v) is 18.1. The second kappa shape index (κ2) is 9.75. The minimum atomic E-state index is -0.278. The number of benzene rings is 1. The minimum Gasteiger partial charge on any atom is -0.348 e. The van der Waals surface area contributed by atoms with Gasteiger partial charge in [0, 0.05) is 31.4 Å². The van der Waals surface area contributed by atoms with Crippen LogP contribution in [0.5, 0.6) is 0 Å². The van der Waals surface area contributed by atoms with Crippen LogP contribution in [0.2, 0.25) is 0 Å². The van der Waals surface area contributed by atoms with Gasteiger partial charge in [0.15, 0.2) is 0 Å². The van der Waals surface area contributed by atoms with Gasteiger partial charge in [-0.2, -0.15) is 0 Å². The third-order valence-electron chi connectivity index (χ3n) is 6.42. The van der Waals surface area contributed by atoms with Crippen molar-refractivity contribution >= 4 is 5.91 Å². The Hall–Kier alpha value is -2.51. The molecule has 2 saturated heterocycles. The van der Waals surface area contributed by atoms with E-state index in [1.54, 1.807) is 16.7 Å². The molecule has 0 radical (unpaired) electrons. The number of rotatable bonds is 5. The number of amides is 1. The summed E-state index contributed by atoms with van der Waals surface area (Å²) in [7, 11) is 0. The summed E-state index contributed by atoms with van der Waals surface area (Å²) in [6, 6.07) is 8.56. The second-order valence-electron chi connectivity index (χ2n) is 8.74. The lowest BCUT2D eigenvalue weighted by molar-refractivity contribution is 0.0897. The molecule has 3 heterocycles. The molecule has 0 saturated carbocycles. The maximum absolute atomic E-state index is 13.2. The standard InChI is InChI=1S/C24H31FN4O2/c1-17-10-14-29(21-8-11-26-12-9-21)24(31)22(17)23(30)27-20-3-2-13-28(16-20)15-18-4-6-19(25)7-5-18/h4-7,10,14,20-21,26H,2-3,8-9,11-13,15-16H2,1H3,(H,27,30). The molecule has 0 bridgehead atoms. The van der Waals surface area contributed by atoms with Gasteiger partial charge in [0.25, 0.3) is 11.5 Å². The van der Waals surface area contributed by atoms with E-state index in [0.717, 1.165) is 64.0 Å². The van der Waals surface area contributed by atoms with Crippen molar-refractivity contribution in [2.75, 3.05) is 26.2 Å². The average molecular weight is 427 g/mol. The Morgan fingerprint density at radius 1 is 1.16 bits per heavy atom. The van der Waals surface area contributed by atoms with Crippen LogP contribution in [0, 0.1) is 12.7 Å². The van der Waals surface area contributed by atoms with Crippen molar-refractivity contribution in [1.82, 2.24) is 20.1 Å². The molecule has 6 nitrogen and oxygen atoms in total. The number of hydrogen-bond acceptors (Lipinski definition) is 4. The van der Waals surface area contributed by atoms with Crippen molar-refractivity contribution in [3.63, 3.8) is 0 Å². The quantitative estimate of drug-likeness (QED) is 0.772. The lowest BCUT2D eigenvalue weighted by Gasteiger charge is -2.33. The van der Waals surface area contributed by atoms with E-state index in [-0.39, 0.29) is 34.9 Å². The van der Waals surface area contributed by atoms with Crippen LogP contribution in [-0.2, 0) is 6.54 Å². The van der Waals surface area contributed by atoms with Crippen LogP contribution in [-0.4, -0.2) is 47.6 Å². The van der Waals surface area contributed by atoms with Crippen molar-refractivity contribution in [2.24, 2.45) is 0 Å². The molecular formula is C24H31FN4O2. The first kappa shape index (κ1) is 21.7. The van der Waals surface area contributed by atoms with Crippen LogP contribution in [0.15, 0.2) is 41.3 Å². The Bertz CT molecular complexity index is 967. The number of likely N-dealkylation sites (tertiary alicyclic amines) is 1. The van der Waals surface area contributed by atoms with Crippen LogP contribution in [0.1, 0.15) is 53.2 Å². The summed E-state index contributed by atoms with van der Waals surface area (Å²) in [4.78, 5) is 28.5. The second-order valence-corrected chi connectivity index (χ2v) is 8.74. The largest absolute Gasteiger partial charge is 0.348 e. The highest BCUT2D eigenvalue weighted by molar-refractivity contribution is 5.95. The molecule has 4 rings (SSSR count). The predicted octanol–water partition coefficient (Wildman–Crippen LogP) is 2.61. The average Bonchev–Trinajstić information content (AvgIpc) is 2.76. The molecule has 2 aliphatic rings. The first-order valence-electron chi connectivity index (χ1n) is 11.2. The van der Waals surface area contributed by atoms with Gasteiger partial charge in [0.2, 0.25) is 0 Å². The van der Waals surface area contributed by atoms with E-state index in [2.05, 4.69) is 15.5 Å². The van der Waals surface area contributed by atoms with Crippen molar-refractivity contribution in [2.45, 2.75) is 51.2 Å². The molecule has 2 fully saturated rings. The number of hydrogen-bond donors (Lipinski definition) is 2. The van der Waals surface area contributed by atoms with Crippen molar-refractivity contribution in [1.29, 1.82) is 0 Å². The fourth-order valence-electron chi connectivity index (χ4n) is 4.71. The molecular weight excluding hydrogens is 395 g/mol. The number of halogens is 1. The SMILES string of the molecule is Cc1ccn(C2CCNCC2)c(=O)c1C(=O)NC1CCCN(Cc2ccc(F)cc2)C1. The highest BCUT2D eigenvalue weighted by Crippen LogP contribution is 2.18. The number of aryl methyl sites for hydroxylation is 1. The van der Waals surface area contributed by atoms with Crippen LogP contribution in [0.3, 0.4) is 0 Å². The lowest BCUT2D eigenvalue weighted by Crippen LogP contribution is -2.48. The first-order valence-corrected chi connectivity index (χ1v) is 11.2. The van der Waals surface area contributed by atoms with Crippen LogP contribution in [0.4, 0.5) is 4.39 Å². The van der Waals surface area contributed by atoms with E-state index in [9.17, 15) is 14.0 Å². The summed E-state index contributed by atoms with van der Waals surface area (Å²) in [6.07, 6.45) is 5.48. The Morgan fingerprint density at radius 2 is 1.90 bits per heavy atom. The van der Waals surface area contributed by atoms with E-state index in [1.807, 2.05) is 19.2 Å². The maximum Gasteiger partial charge on any atom is 0.263 e. The third kappa shape index (κ3) is 5.22. The smallest absolute Gasteiger partial charge is 0.263 e. The van der Waals surface area contributed by atoms with Crippen molar-refractivity contribution in [3.8, 4) is 0 Å². The molecule has 2 aliphatic heterocycles. The summed E-state index contributed by atoms with van der Waals surface area (Å²) in [5.41, 5.74) is 1.84. The molecule has 1 amide bonds. The molecule has 1 aromatic carbocycles. The van der Waals surface area contributed by atoms with Crippen molar-refractivity contribution in [3.05, 3.63) is 69.4 Å². The number of nitrogens with zero attached hydrogens (tertiary/aromatic N) is 2. The third-order valence-corrected chi connectivity index (χ3v) is 6.42. The summed E-state index contributed by atoms with van der Waals surface area (Å²) >= 11 is 0. The Balaban J connectivity index is 1.43. The molecule has 2 aromatic rings. The zero-order valence-electron chi connectivity index (χ0n) is 18.1. The Morgan fingerprint density at radius 3 is 2.65 bits per heavy atom. The number of carbonyl (C=O) groups excluding carboxylic acids is 1. The molecule has 31 heavy (non-hydrogen) atoms. The first-order chi connectivity index (χ1) is 15.0. The minimum absolute atomic E-state index is 0.00645. The molecule has 1 aromatic heterocycles. The highest BCUT2D eigenvalue weighted by atomic mass is 19.1. The molecule has 1 unspecified atom stereocenters. The van der Waals surface area contributed by atoms with Gasteiger partial charge in [-0.1, -0.05) is 12.1 Å². The molecule has 166 valence electrons. The van der Waals surface area contributed by atoms with Gasteiger partial charge in [-0.15, -0.1) is 0 Å². The summed E-state index contributed by atoms with van der Waals surface area (Å²) in [5, 5.41) is 6.42. The number of nitrogens with one attached hydrogen (secondary N) is 2. The van der Waals surface area contributed by atoms with Gasteiger partial charge >= 0.3 is 0 Å². The van der Waals surface area contributed by atoms with Crippen LogP contribution >= 0.6 is 0 Å². The van der Waals surface area contributed by atoms with E-state index in [4.69, 9.17) is 0 Å². The maximum atomic E-state index is 13.2. The van der Waals surface area contributed by atoms with E-state index in [0.29, 0.717) is 5.56 Å². The van der Waals surface area contributed by atoms with Gasteiger partial charge in [-0.25, -0.2) is 4.39 Å². The summed E-state index contributed by atoms with van der Waals surface area (Å²) in [6.45, 7) is 5.98. The van der Waals surface area contributed by atoms with Gasteiger partial charge < -0.3 is 15.2 Å². The van der Waals surface area contributed by atoms with Gasteiger partial charge in [0.1, 0.15) is 11.4 Å². The van der Waals surface area contributed by atoms with Gasteiger partial charge in [0.05, 0.1) is 0 Å². The predicted molar refractivity (Wildman–Crippen MR) is 119 cm³/mol. The monoisotopic (exact) mass is 426 g/mol. The molecule has 0 aliphatic carbocycles. The highest BCUT2D eigenvalue weighted by Gasteiger charge is 2.25. The lowest BCUT2D eigenvalue weighted by atomic mass is 10.0. The van der Waals surface area contributed by atoms with E-state index >= 15 is 0 Å². The van der Waals surface area contributed by atoms with Crippen molar-refractivity contribution < 1.29 is 9.18 Å². The van der Waals surface area contributed by atoms with E-state index < -0.39 is 0 Å². The number of piperidine rings is 2. The molecule has 0 spiro atoms. The topological polar surface area (TPSA) is 66.4 Å². The fraction of sp³-hybridized carbons (Fsp3) is 0.500. The van der Waals surface area contributed by atoms with Gasteiger partial charge in [-0.05, 0) is 81.6 Å². The van der Waals surface area contributed by atoms with Crippen LogP contribution < -0.4 is 16.2 Å². The van der Waals surface area contributed by atoms with Crippen LogP contribution in [0.25, 0.3) is 0 Å². The zero-order chi connectivity index (χ0) is 21.8. The molecule has 1 atom stereocenters. The number of carbonyl (C=O) groups is 1. The Labute approximate surface area is 182 Å².